The Morgan fingerprint density at radius 1 is 1.07 bits per heavy atom. The molecule has 1 aliphatic heterocycles. The van der Waals surface area contributed by atoms with Crippen LogP contribution in [0.25, 0.3) is 11.4 Å². The standard InChI is InChI=1S/C22H23N5O3/c1-12-5-7-14(8-6-12)21-25-22-24-13(2)18(20(23)28)19(27(22)26-21)15-9-10-16(29-3)17(11-15)30-4/h5-11,19H,1-4H3,(H2,23,28)(H,24,25,26). The van der Waals surface area contributed by atoms with Crippen molar-refractivity contribution in [2.45, 2.75) is 19.9 Å². The van der Waals surface area contributed by atoms with Gasteiger partial charge in [-0.1, -0.05) is 35.9 Å². The molecule has 0 aliphatic carbocycles. The maximum absolute atomic E-state index is 12.4. The number of rotatable bonds is 5. The van der Waals surface area contributed by atoms with Crippen molar-refractivity contribution in [3.63, 3.8) is 0 Å². The van der Waals surface area contributed by atoms with Crippen molar-refractivity contribution in [1.29, 1.82) is 0 Å². The molecular weight excluding hydrogens is 382 g/mol. The monoisotopic (exact) mass is 405 g/mol. The number of nitrogens with two attached hydrogens (primary N) is 1. The molecule has 2 heterocycles. The van der Waals surface area contributed by atoms with Crippen LogP contribution in [-0.4, -0.2) is 34.9 Å². The number of nitrogens with zero attached hydrogens (tertiary/aromatic N) is 3. The molecule has 1 aliphatic rings. The number of aromatic nitrogens is 3. The Morgan fingerprint density at radius 2 is 1.77 bits per heavy atom. The first-order valence-electron chi connectivity index (χ1n) is 9.46. The van der Waals surface area contributed by atoms with E-state index in [1.165, 1.54) is 0 Å². The number of anilines is 1. The van der Waals surface area contributed by atoms with Crippen molar-refractivity contribution in [2.24, 2.45) is 5.73 Å². The molecule has 8 heteroatoms. The molecule has 3 N–H and O–H groups in total. The number of amides is 1. The zero-order chi connectivity index (χ0) is 21.4. The van der Waals surface area contributed by atoms with Crippen LogP contribution >= 0.6 is 0 Å². The average Bonchev–Trinajstić information content (AvgIpc) is 3.15. The number of primary amides is 1. The molecule has 2 aromatic carbocycles. The minimum atomic E-state index is -0.551. The minimum absolute atomic E-state index is 0.412. The third-order valence-corrected chi connectivity index (χ3v) is 5.15. The molecule has 0 fully saturated rings. The molecular formula is C22H23N5O3. The van der Waals surface area contributed by atoms with Crippen LogP contribution in [0.4, 0.5) is 5.95 Å². The quantitative estimate of drug-likeness (QED) is 0.676. The highest BCUT2D eigenvalue weighted by Gasteiger charge is 2.34. The number of aryl methyl sites for hydroxylation is 1. The first-order valence-corrected chi connectivity index (χ1v) is 9.46. The normalized spacial score (nSPS) is 15.4. The van der Waals surface area contributed by atoms with Gasteiger partial charge in [-0.2, -0.15) is 4.98 Å². The summed E-state index contributed by atoms with van der Waals surface area (Å²) in [6.45, 7) is 3.83. The summed E-state index contributed by atoms with van der Waals surface area (Å²) in [6.07, 6.45) is 0. The van der Waals surface area contributed by atoms with Gasteiger partial charge in [-0.3, -0.25) is 4.79 Å². The number of ether oxygens (including phenoxy) is 2. The number of benzene rings is 2. The first kappa shape index (κ1) is 19.5. The Kier molecular flexibility index (Phi) is 4.91. The largest absolute Gasteiger partial charge is 0.493 e. The van der Waals surface area contributed by atoms with Gasteiger partial charge in [-0.05, 0) is 31.5 Å². The van der Waals surface area contributed by atoms with E-state index in [4.69, 9.17) is 20.3 Å². The molecule has 0 bridgehead atoms. The van der Waals surface area contributed by atoms with Gasteiger partial charge < -0.3 is 20.5 Å². The Hall–Kier alpha value is -3.81. The van der Waals surface area contributed by atoms with E-state index in [9.17, 15) is 4.79 Å². The van der Waals surface area contributed by atoms with Gasteiger partial charge in [0.2, 0.25) is 11.9 Å². The van der Waals surface area contributed by atoms with Crippen LogP contribution in [0.1, 0.15) is 24.1 Å². The molecule has 3 aromatic rings. The summed E-state index contributed by atoms with van der Waals surface area (Å²) in [6, 6.07) is 12.9. The Bertz CT molecular complexity index is 1150. The number of hydrogen-bond donors (Lipinski definition) is 2. The molecule has 0 saturated heterocycles. The third kappa shape index (κ3) is 3.26. The highest BCUT2D eigenvalue weighted by atomic mass is 16.5. The summed E-state index contributed by atoms with van der Waals surface area (Å²) in [7, 11) is 3.14. The molecule has 1 unspecified atom stereocenters. The molecule has 154 valence electrons. The number of carbonyl (C=O) groups excluding carboxylic acids is 1. The number of nitrogens with one attached hydrogen (secondary N) is 1. The van der Waals surface area contributed by atoms with Gasteiger partial charge in [0.05, 0.1) is 19.8 Å². The molecule has 4 rings (SSSR count). The van der Waals surface area contributed by atoms with Crippen LogP contribution in [0, 0.1) is 6.92 Å². The van der Waals surface area contributed by atoms with E-state index >= 15 is 0 Å². The fraction of sp³-hybridized carbons (Fsp3) is 0.227. The van der Waals surface area contributed by atoms with Crippen molar-refractivity contribution < 1.29 is 14.3 Å². The first-order chi connectivity index (χ1) is 14.4. The summed E-state index contributed by atoms with van der Waals surface area (Å²) in [5.41, 5.74) is 9.61. The van der Waals surface area contributed by atoms with Crippen molar-refractivity contribution >= 4 is 11.9 Å². The maximum Gasteiger partial charge on any atom is 0.248 e. The van der Waals surface area contributed by atoms with Crippen molar-refractivity contribution in [1.82, 2.24) is 14.8 Å². The van der Waals surface area contributed by atoms with Crippen molar-refractivity contribution in [2.75, 3.05) is 19.5 Å². The van der Waals surface area contributed by atoms with Crippen LogP contribution in [0.2, 0.25) is 0 Å². The van der Waals surface area contributed by atoms with E-state index < -0.39 is 11.9 Å². The second-order valence-electron chi connectivity index (χ2n) is 7.11. The predicted molar refractivity (Wildman–Crippen MR) is 113 cm³/mol. The van der Waals surface area contributed by atoms with E-state index in [-0.39, 0.29) is 0 Å². The van der Waals surface area contributed by atoms with E-state index in [0.717, 1.165) is 16.7 Å². The van der Waals surface area contributed by atoms with E-state index in [1.807, 2.05) is 43.3 Å². The van der Waals surface area contributed by atoms with Gasteiger partial charge >= 0.3 is 0 Å². The van der Waals surface area contributed by atoms with Gasteiger partial charge in [0.1, 0.15) is 6.04 Å². The lowest BCUT2D eigenvalue weighted by atomic mass is 9.95. The number of allylic oxidation sites excluding steroid dienone is 1. The topological polar surface area (TPSA) is 104 Å². The van der Waals surface area contributed by atoms with Gasteiger partial charge in [-0.25, -0.2) is 4.68 Å². The lowest BCUT2D eigenvalue weighted by molar-refractivity contribution is -0.115. The smallest absolute Gasteiger partial charge is 0.248 e. The summed E-state index contributed by atoms with van der Waals surface area (Å²) in [5.74, 6) is 1.71. The molecule has 1 amide bonds. The lowest BCUT2D eigenvalue weighted by Gasteiger charge is -2.28. The SMILES string of the molecule is COc1ccc(C2C(C(N)=O)=C(C)Nc3nc(-c4ccc(C)cc4)nn32)cc1OC. The van der Waals surface area contributed by atoms with Crippen LogP contribution in [0.5, 0.6) is 11.5 Å². The highest BCUT2D eigenvalue weighted by Crippen LogP contribution is 2.39. The highest BCUT2D eigenvalue weighted by molar-refractivity contribution is 5.95. The molecule has 1 aromatic heterocycles. The van der Waals surface area contributed by atoms with Crippen molar-refractivity contribution in [3.05, 3.63) is 64.9 Å². The fourth-order valence-electron chi connectivity index (χ4n) is 3.63. The molecule has 0 spiro atoms. The Balaban J connectivity index is 1.88. The Labute approximate surface area is 174 Å². The molecule has 30 heavy (non-hydrogen) atoms. The van der Waals surface area contributed by atoms with E-state index in [1.54, 1.807) is 31.9 Å². The van der Waals surface area contributed by atoms with E-state index in [0.29, 0.717) is 34.5 Å². The van der Waals surface area contributed by atoms with Crippen LogP contribution in [0.15, 0.2) is 53.7 Å². The van der Waals surface area contributed by atoms with Gasteiger partial charge in [0, 0.05) is 11.3 Å². The van der Waals surface area contributed by atoms with Crippen LogP contribution in [0.3, 0.4) is 0 Å². The van der Waals surface area contributed by atoms with Crippen LogP contribution < -0.4 is 20.5 Å². The van der Waals surface area contributed by atoms with E-state index in [2.05, 4.69) is 10.3 Å². The minimum Gasteiger partial charge on any atom is -0.493 e. The molecule has 0 saturated carbocycles. The Morgan fingerprint density at radius 3 is 2.40 bits per heavy atom. The summed E-state index contributed by atoms with van der Waals surface area (Å²) in [4.78, 5) is 17.0. The number of carbonyl (C=O) groups is 1. The third-order valence-electron chi connectivity index (χ3n) is 5.15. The molecule has 1 atom stereocenters. The fourth-order valence-corrected chi connectivity index (χ4v) is 3.63. The summed E-state index contributed by atoms with van der Waals surface area (Å²) < 4.78 is 12.5. The summed E-state index contributed by atoms with van der Waals surface area (Å²) >= 11 is 0. The summed E-state index contributed by atoms with van der Waals surface area (Å²) in [5, 5.41) is 7.86. The second-order valence-corrected chi connectivity index (χ2v) is 7.11. The average molecular weight is 405 g/mol. The lowest BCUT2D eigenvalue weighted by Crippen LogP contribution is -2.31. The van der Waals surface area contributed by atoms with Gasteiger partial charge in [0.25, 0.3) is 0 Å². The molecule has 8 nitrogen and oxygen atoms in total. The number of hydrogen-bond acceptors (Lipinski definition) is 6. The molecule has 0 radical (unpaired) electrons. The second kappa shape index (κ2) is 7.55. The van der Waals surface area contributed by atoms with Crippen LogP contribution in [-0.2, 0) is 4.79 Å². The van der Waals surface area contributed by atoms with Crippen molar-refractivity contribution in [3.8, 4) is 22.9 Å². The predicted octanol–water partition coefficient (Wildman–Crippen LogP) is 3.04. The van der Waals surface area contributed by atoms with Gasteiger partial charge in [0.15, 0.2) is 17.3 Å². The number of fused-ring (bicyclic) bond motifs is 1. The zero-order valence-corrected chi connectivity index (χ0v) is 17.3. The zero-order valence-electron chi connectivity index (χ0n) is 17.3. The van der Waals surface area contributed by atoms with Gasteiger partial charge in [-0.15, -0.1) is 5.10 Å². The maximum atomic E-state index is 12.4. The number of methoxy groups -OCH3 is 2.